The van der Waals surface area contributed by atoms with Crippen LogP contribution in [0.2, 0.25) is 0 Å². The Morgan fingerprint density at radius 2 is 1.49 bits per heavy atom. The van der Waals surface area contributed by atoms with E-state index >= 15 is 0 Å². The van der Waals surface area contributed by atoms with Crippen LogP contribution in [0.25, 0.3) is 49.8 Å². The third kappa shape index (κ3) is 4.56. The van der Waals surface area contributed by atoms with E-state index in [0.717, 1.165) is 46.0 Å². The minimum atomic E-state index is -2.33. The van der Waals surface area contributed by atoms with Crippen molar-refractivity contribution in [3.05, 3.63) is 148 Å². The molecule has 1 aliphatic rings. The molecule has 0 saturated heterocycles. The molecule has 8 aromatic rings. The van der Waals surface area contributed by atoms with E-state index in [9.17, 15) is 0 Å². The van der Waals surface area contributed by atoms with Crippen LogP contribution in [-0.2, 0) is 32.8 Å². The Labute approximate surface area is 287 Å². The fourth-order valence-electron chi connectivity index (χ4n) is 7.29. The second-order valence-electron chi connectivity index (χ2n) is 12.2. The molecule has 1 atom stereocenters. The predicted molar refractivity (Wildman–Crippen MR) is 186 cm³/mol. The van der Waals surface area contributed by atoms with Crippen molar-refractivity contribution in [1.82, 2.24) is 18.7 Å². The van der Waals surface area contributed by atoms with Crippen molar-refractivity contribution in [3.8, 4) is 28.4 Å². The zero-order valence-electron chi connectivity index (χ0n) is 28.6. The van der Waals surface area contributed by atoms with Crippen molar-refractivity contribution >= 4 is 32.8 Å². The molecule has 47 heavy (non-hydrogen) atoms. The summed E-state index contributed by atoms with van der Waals surface area (Å²) in [6.07, 6.45) is 3.74. The van der Waals surface area contributed by atoms with Gasteiger partial charge in [-0.3, -0.25) is 0 Å². The summed E-state index contributed by atoms with van der Waals surface area (Å²) in [6, 6.07) is 40.8. The molecule has 0 N–H and O–H groups in total. The van der Waals surface area contributed by atoms with Gasteiger partial charge in [0, 0.05) is 15.9 Å². The number of nitrogens with zero attached hydrogens (tertiary/aromatic N) is 4. The smallest absolute Gasteiger partial charge is 0.0374 e. The Kier molecular flexibility index (Phi) is 5.92. The van der Waals surface area contributed by atoms with Gasteiger partial charge in [0.05, 0.1) is 0 Å². The molecule has 1 unspecified atom stereocenters. The van der Waals surface area contributed by atoms with Gasteiger partial charge in [0.1, 0.15) is 0 Å². The largest absolute Gasteiger partial charge is 0.238 e. The van der Waals surface area contributed by atoms with Crippen LogP contribution in [0.3, 0.4) is 0 Å². The zero-order chi connectivity index (χ0) is 34.1. The monoisotopic (exact) mass is 794 g/mol. The molecule has 5 nitrogen and oxygen atoms in total. The van der Waals surface area contributed by atoms with Crippen molar-refractivity contribution < 1.29 is 28.2 Å². The van der Waals surface area contributed by atoms with E-state index < -0.39 is 6.85 Å². The standard InChI is InChI=1S/C41H32N4O.Pt/c1-27-22-41(42-25-35(27)28-10-4-3-5-11-28)45-37-13-7-6-12-32(37)33-20-19-31(24-40(33)45)46-30-18-16-29-17-21-36(34(29)23-30)44-26-43(2)38-14-8-9-15-39(38)44;/h3-16,18-20,22-25,36H,17,21H2,1-2H3;/i1D3;. The van der Waals surface area contributed by atoms with Gasteiger partial charge in [-0.15, -0.1) is 0 Å². The van der Waals surface area contributed by atoms with E-state index in [-0.39, 0.29) is 11.6 Å². The van der Waals surface area contributed by atoms with E-state index in [1.807, 2.05) is 65.2 Å². The average Bonchev–Trinajstić information content (AvgIpc) is 3.77. The number of aryl methyl sites for hydroxylation is 3. The van der Waals surface area contributed by atoms with Crippen molar-refractivity contribution in [2.75, 3.05) is 0 Å². The molecular formula is C41H32N4OPt. The van der Waals surface area contributed by atoms with Crippen LogP contribution < -0.4 is 4.74 Å². The molecule has 9 rings (SSSR count). The maximum atomic E-state index is 8.42. The van der Waals surface area contributed by atoms with E-state index in [2.05, 4.69) is 90.1 Å². The number of ether oxygens (including phenoxy) is 1. The van der Waals surface area contributed by atoms with E-state index in [0.29, 0.717) is 17.1 Å². The number of hydrogen-bond donors (Lipinski definition) is 0. The third-order valence-corrected chi connectivity index (χ3v) is 10.8. The Morgan fingerprint density at radius 1 is 0.766 bits per heavy atom. The molecule has 3 heterocycles. The average molecular weight is 795 g/mol. The van der Waals surface area contributed by atoms with Gasteiger partial charge in [-0.25, -0.2) is 4.98 Å². The maximum Gasteiger partial charge on any atom is 0.0374 e. The van der Waals surface area contributed by atoms with Gasteiger partial charge in [-0.1, -0.05) is 48.5 Å². The zero-order valence-corrected chi connectivity index (χ0v) is 27.9. The third-order valence-electron chi connectivity index (χ3n) is 9.50. The van der Waals surface area contributed by atoms with Crippen molar-refractivity contribution in [2.24, 2.45) is 7.05 Å². The summed E-state index contributed by atoms with van der Waals surface area (Å²) in [6.45, 7) is -2.33. The van der Waals surface area contributed by atoms with Gasteiger partial charge in [-0.05, 0) is 30.1 Å². The van der Waals surface area contributed by atoms with Crippen LogP contribution in [0.4, 0.5) is 0 Å². The minimum Gasteiger partial charge on any atom is -0.238 e. The predicted octanol–water partition coefficient (Wildman–Crippen LogP) is 9.85. The summed E-state index contributed by atoms with van der Waals surface area (Å²) in [5.41, 5.74) is 8.61. The molecule has 3 aromatic heterocycles. The first-order valence-corrected chi connectivity index (χ1v) is 16.9. The SMILES string of the molecule is [2H]C([2H])([2H])c1cc(-n2c3ccccc3c3ccc(Oc4ccc5c(c4)C(n4[c](=[Pt])n(C)c6ccccc64)CC5)cc32)ncc1-c1ccccc1. The van der Waals surface area contributed by atoms with Crippen LogP contribution in [0.1, 0.15) is 33.3 Å². The minimum absolute atomic E-state index is 0.217. The fraction of sp³-hybridized carbons (Fsp3) is 0.122. The van der Waals surface area contributed by atoms with Crippen molar-refractivity contribution in [2.45, 2.75) is 25.7 Å². The first-order chi connectivity index (χ1) is 24.3. The Balaban J connectivity index is 1.14. The van der Waals surface area contributed by atoms with E-state index in [4.69, 9.17) is 13.8 Å². The number of rotatable bonds is 5. The summed E-state index contributed by atoms with van der Waals surface area (Å²) in [5, 5.41) is 2.09. The van der Waals surface area contributed by atoms with Crippen LogP contribution in [0.5, 0.6) is 11.5 Å². The number of benzene rings is 5. The number of fused-ring (bicyclic) bond motifs is 5. The summed E-state index contributed by atoms with van der Waals surface area (Å²) >= 11 is 2.44. The molecule has 0 radical (unpaired) electrons. The molecular weight excluding hydrogens is 760 g/mol. The number of pyridine rings is 1. The van der Waals surface area contributed by atoms with Gasteiger partial charge >= 0.3 is 189 Å². The molecule has 1 aliphatic carbocycles. The molecule has 0 saturated carbocycles. The molecule has 0 bridgehead atoms. The Morgan fingerprint density at radius 3 is 2.34 bits per heavy atom. The van der Waals surface area contributed by atoms with Gasteiger partial charge < -0.3 is 0 Å². The number of para-hydroxylation sites is 3. The van der Waals surface area contributed by atoms with Crippen LogP contribution in [0.15, 0.2) is 128 Å². The van der Waals surface area contributed by atoms with Crippen LogP contribution in [0, 0.1) is 10.7 Å². The molecule has 0 aliphatic heterocycles. The number of aromatic nitrogens is 4. The maximum absolute atomic E-state index is 8.42. The summed E-state index contributed by atoms with van der Waals surface area (Å²) < 4.78 is 39.8. The summed E-state index contributed by atoms with van der Waals surface area (Å²) in [4.78, 5) is 4.86. The normalized spacial score (nSPS) is 15.6. The second-order valence-corrected chi connectivity index (χ2v) is 13.2. The topological polar surface area (TPSA) is 36.9 Å². The second kappa shape index (κ2) is 11.1. The molecule has 0 amide bonds. The quantitative estimate of drug-likeness (QED) is 0.174. The molecule has 232 valence electrons. The van der Waals surface area contributed by atoms with Crippen molar-refractivity contribution in [3.63, 3.8) is 0 Å². The summed E-state index contributed by atoms with van der Waals surface area (Å²) in [7, 11) is 2.13. The molecule has 5 aromatic carbocycles. The molecule has 0 spiro atoms. The first kappa shape index (κ1) is 25.1. The van der Waals surface area contributed by atoms with E-state index in [1.54, 1.807) is 12.3 Å². The Hall–Kier alpha value is -4.99. The van der Waals surface area contributed by atoms with E-state index in [1.165, 1.54) is 26.0 Å². The number of imidazole rings is 1. The number of hydrogen-bond acceptors (Lipinski definition) is 2. The van der Waals surface area contributed by atoms with Gasteiger partial charge in [0.2, 0.25) is 0 Å². The first-order valence-electron chi connectivity index (χ1n) is 17.3. The van der Waals surface area contributed by atoms with Crippen LogP contribution >= 0.6 is 0 Å². The van der Waals surface area contributed by atoms with Gasteiger partial charge in [-0.2, -0.15) is 0 Å². The van der Waals surface area contributed by atoms with Gasteiger partial charge in [0.15, 0.2) is 0 Å². The molecule has 0 fully saturated rings. The van der Waals surface area contributed by atoms with Crippen molar-refractivity contribution in [1.29, 1.82) is 0 Å². The Bertz CT molecular complexity index is 2670. The summed E-state index contributed by atoms with van der Waals surface area (Å²) in [5.74, 6) is 2.02. The fourth-order valence-corrected chi connectivity index (χ4v) is 8.19. The molecule has 6 heteroatoms. The van der Waals surface area contributed by atoms with Gasteiger partial charge in [0.25, 0.3) is 0 Å². The van der Waals surface area contributed by atoms with Crippen LogP contribution in [-0.4, -0.2) is 18.7 Å².